The molecule has 1 aliphatic heterocycles. The van der Waals surface area contributed by atoms with Crippen LogP contribution < -0.4 is 0 Å². The van der Waals surface area contributed by atoms with Gasteiger partial charge in [-0.2, -0.15) is 0 Å². The second-order valence-corrected chi connectivity index (χ2v) is 3.42. The maximum Gasteiger partial charge on any atom is 0.211 e. The SMILES string of the molecule is [C-]#CC(C)=C1C=[N+](C)c2ccccc21. The van der Waals surface area contributed by atoms with Gasteiger partial charge in [-0.1, -0.05) is 19.1 Å². The minimum atomic E-state index is 0.877. The topological polar surface area (TPSA) is 3.01 Å². The van der Waals surface area contributed by atoms with Gasteiger partial charge in [0.2, 0.25) is 5.69 Å². The van der Waals surface area contributed by atoms with Gasteiger partial charge in [0, 0.05) is 11.6 Å². The molecule has 0 N–H and O–H groups in total. The Kier molecular flexibility index (Phi) is 1.98. The summed E-state index contributed by atoms with van der Waals surface area (Å²) in [4.78, 5) is 0. The molecule has 0 atom stereocenters. The van der Waals surface area contributed by atoms with Crippen LogP contribution in [0.15, 0.2) is 29.8 Å². The molecule has 0 amide bonds. The van der Waals surface area contributed by atoms with Crippen LogP contribution in [0, 0.1) is 12.3 Å². The summed E-state index contributed by atoms with van der Waals surface area (Å²) in [6.45, 7) is 1.91. The monoisotopic (exact) mass is 181 g/mol. The molecule has 14 heavy (non-hydrogen) atoms. The summed E-state index contributed by atoms with van der Waals surface area (Å²) in [5.41, 5.74) is 4.35. The average molecular weight is 181 g/mol. The molecule has 0 unspecified atom stereocenters. The van der Waals surface area contributed by atoms with E-state index in [0.717, 1.165) is 11.1 Å². The van der Waals surface area contributed by atoms with Crippen molar-refractivity contribution in [2.45, 2.75) is 6.92 Å². The number of nitrogens with zero attached hydrogens (tertiary/aromatic N) is 1. The zero-order chi connectivity index (χ0) is 10.1. The summed E-state index contributed by atoms with van der Waals surface area (Å²) >= 11 is 0. The Labute approximate surface area is 84.4 Å². The highest BCUT2D eigenvalue weighted by Crippen LogP contribution is 2.31. The van der Waals surface area contributed by atoms with Gasteiger partial charge in [-0.25, -0.2) is 4.58 Å². The van der Waals surface area contributed by atoms with E-state index in [1.165, 1.54) is 11.3 Å². The molecular weight excluding hydrogens is 170 g/mol. The molecule has 0 fully saturated rings. The standard InChI is InChI=1S/C13H11N/c1-4-10(2)12-9-14(3)13-8-6-5-7-11(12)13/h5-9H,2-3H3. The average Bonchev–Trinajstić information content (AvgIpc) is 2.56. The minimum Gasteiger partial charge on any atom is -0.366 e. The Morgan fingerprint density at radius 3 is 2.79 bits per heavy atom. The Morgan fingerprint density at radius 2 is 2.07 bits per heavy atom. The zero-order valence-corrected chi connectivity index (χ0v) is 8.33. The summed E-state index contributed by atoms with van der Waals surface area (Å²) in [7, 11) is 2.02. The molecule has 1 nitrogen and oxygen atoms in total. The van der Waals surface area contributed by atoms with Crippen molar-refractivity contribution >= 4 is 17.5 Å². The summed E-state index contributed by atoms with van der Waals surface area (Å²) in [6, 6.07) is 8.19. The van der Waals surface area contributed by atoms with E-state index < -0.39 is 0 Å². The second kappa shape index (κ2) is 3.16. The molecule has 0 spiro atoms. The molecule has 0 aliphatic carbocycles. The van der Waals surface area contributed by atoms with Crippen LogP contribution in [0.5, 0.6) is 0 Å². The third-order valence-electron chi connectivity index (χ3n) is 2.49. The highest BCUT2D eigenvalue weighted by molar-refractivity contribution is 6.14. The van der Waals surface area contributed by atoms with E-state index in [1.54, 1.807) is 0 Å². The first-order chi connectivity index (χ1) is 6.74. The molecule has 0 radical (unpaired) electrons. The molecular formula is C13H11N. The van der Waals surface area contributed by atoms with E-state index in [4.69, 9.17) is 6.42 Å². The predicted molar refractivity (Wildman–Crippen MR) is 58.1 cm³/mol. The highest BCUT2D eigenvalue weighted by Gasteiger charge is 2.20. The Hall–Kier alpha value is -1.81. The zero-order valence-electron chi connectivity index (χ0n) is 8.33. The fraction of sp³-hybridized carbons (Fsp3) is 0.154. The third-order valence-corrected chi connectivity index (χ3v) is 2.49. The lowest BCUT2D eigenvalue weighted by atomic mass is 10.0. The first-order valence-electron chi connectivity index (χ1n) is 4.55. The maximum absolute atomic E-state index is 7.13. The van der Waals surface area contributed by atoms with Crippen LogP contribution in [0.1, 0.15) is 12.5 Å². The Morgan fingerprint density at radius 1 is 1.36 bits per heavy atom. The Balaban J connectivity index is 2.71. The van der Waals surface area contributed by atoms with E-state index in [9.17, 15) is 0 Å². The van der Waals surface area contributed by atoms with Crippen molar-refractivity contribution < 1.29 is 4.58 Å². The number of para-hydroxylation sites is 1. The maximum atomic E-state index is 7.13. The van der Waals surface area contributed by atoms with E-state index in [-0.39, 0.29) is 0 Å². The van der Waals surface area contributed by atoms with Crippen molar-refractivity contribution in [3.8, 4) is 5.92 Å². The van der Waals surface area contributed by atoms with Crippen LogP contribution in [0.25, 0.3) is 5.57 Å². The van der Waals surface area contributed by atoms with Crippen molar-refractivity contribution in [2.75, 3.05) is 7.05 Å². The molecule has 1 aromatic rings. The van der Waals surface area contributed by atoms with Gasteiger partial charge in [0.1, 0.15) is 7.05 Å². The summed E-state index contributed by atoms with van der Waals surface area (Å²) in [5.74, 6) is 2.44. The summed E-state index contributed by atoms with van der Waals surface area (Å²) < 4.78 is 2.07. The lowest BCUT2D eigenvalue weighted by Gasteiger charge is -2.02. The van der Waals surface area contributed by atoms with Crippen LogP contribution in [0.3, 0.4) is 0 Å². The number of hydrogen-bond acceptors (Lipinski definition) is 0. The molecule has 68 valence electrons. The van der Waals surface area contributed by atoms with Crippen molar-refractivity contribution in [1.82, 2.24) is 0 Å². The number of fused-ring (bicyclic) bond motifs is 1. The van der Waals surface area contributed by atoms with Crippen LogP contribution in [-0.4, -0.2) is 17.8 Å². The van der Waals surface area contributed by atoms with Gasteiger partial charge in [0.15, 0.2) is 6.21 Å². The van der Waals surface area contributed by atoms with Crippen LogP contribution in [0.2, 0.25) is 0 Å². The molecule has 1 aromatic carbocycles. The number of hydrogen-bond donors (Lipinski definition) is 0. The molecule has 0 saturated carbocycles. The molecule has 1 aliphatic rings. The van der Waals surface area contributed by atoms with Crippen molar-refractivity contribution in [3.05, 3.63) is 41.8 Å². The van der Waals surface area contributed by atoms with Crippen molar-refractivity contribution in [2.24, 2.45) is 0 Å². The van der Waals surface area contributed by atoms with Gasteiger partial charge >= 0.3 is 0 Å². The van der Waals surface area contributed by atoms with Gasteiger partial charge in [-0.3, -0.25) is 5.92 Å². The van der Waals surface area contributed by atoms with Gasteiger partial charge in [0.25, 0.3) is 0 Å². The number of benzene rings is 1. The normalized spacial score (nSPS) is 17.1. The van der Waals surface area contributed by atoms with E-state index in [2.05, 4.69) is 22.6 Å². The summed E-state index contributed by atoms with van der Waals surface area (Å²) in [6.07, 6.45) is 9.18. The fourth-order valence-corrected chi connectivity index (χ4v) is 1.71. The molecule has 0 aromatic heterocycles. The minimum absolute atomic E-state index is 0.877. The van der Waals surface area contributed by atoms with Crippen LogP contribution in [-0.2, 0) is 0 Å². The molecule has 1 heterocycles. The predicted octanol–water partition coefficient (Wildman–Crippen LogP) is 2.41. The van der Waals surface area contributed by atoms with Gasteiger partial charge in [0.05, 0.1) is 0 Å². The third kappa shape index (κ3) is 1.16. The quantitative estimate of drug-likeness (QED) is 0.328. The number of allylic oxidation sites excluding steroid dienone is 2. The lowest BCUT2D eigenvalue weighted by molar-refractivity contribution is -0.395. The van der Waals surface area contributed by atoms with Crippen LogP contribution >= 0.6 is 0 Å². The largest absolute Gasteiger partial charge is 0.366 e. The van der Waals surface area contributed by atoms with Gasteiger partial charge < -0.3 is 6.42 Å². The summed E-state index contributed by atoms with van der Waals surface area (Å²) in [5, 5.41) is 0. The molecule has 1 heteroatoms. The first-order valence-corrected chi connectivity index (χ1v) is 4.55. The number of rotatable bonds is 0. The first kappa shape index (κ1) is 8.77. The molecule has 0 saturated heterocycles. The van der Waals surface area contributed by atoms with Crippen molar-refractivity contribution in [1.29, 1.82) is 0 Å². The molecule has 2 rings (SSSR count). The van der Waals surface area contributed by atoms with Crippen LogP contribution in [0.4, 0.5) is 5.69 Å². The smallest absolute Gasteiger partial charge is 0.211 e. The van der Waals surface area contributed by atoms with E-state index in [0.29, 0.717) is 0 Å². The lowest BCUT2D eigenvalue weighted by Crippen LogP contribution is -1.91. The fourth-order valence-electron chi connectivity index (χ4n) is 1.71. The van der Waals surface area contributed by atoms with E-state index in [1.807, 2.05) is 32.3 Å². The Bertz CT molecular complexity index is 484. The van der Waals surface area contributed by atoms with Gasteiger partial charge in [-0.15, -0.1) is 5.57 Å². The van der Waals surface area contributed by atoms with Gasteiger partial charge in [-0.05, 0) is 11.6 Å². The second-order valence-electron chi connectivity index (χ2n) is 3.42. The highest BCUT2D eigenvalue weighted by atomic mass is 15.0. The van der Waals surface area contributed by atoms with Crippen molar-refractivity contribution in [3.63, 3.8) is 0 Å². The molecule has 0 bridgehead atoms. The van der Waals surface area contributed by atoms with E-state index >= 15 is 0 Å².